The van der Waals surface area contributed by atoms with Crippen LogP contribution in [0.3, 0.4) is 0 Å². The molecule has 21 nitrogen and oxygen atoms in total. The van der Waals surface area contributed by atoms with E-state index in [1.54, 1.807) is 13.8 Å². The van der Waals surface area contributed by atoms with Crippen molar-refractivity contribution in [2.75, 3.05) is 6.54 Å². The molecule has 0 aliphatic heterocycles. The zero-order valence-corrected chi connectivity index (χ0v) is 42.8. The monoisotopic (exact) mass is 1000 g/mol. The summed E-state index contributed by atoms with van der Waals surface area (Å²) in [5.41, 5.74) is 5.47. The Labute approximate surface area is 413 Å². The van der Waals surface area contributed by atoms with Gasteiger partial charge >= 0.3 is 47.8 Å². The number of nitrogens with two attached hydrogens (primary N) is 1. The predicted octanol–water partition coefficient (Wildman–Crippen LogP) is 5.52. The first-order valence-electron chi connectivity index (χ1n) is 24.8. The minimum atomic E-state index is -1.85. The highest BCUT2D eigenvalue weighted by Crippen LogP contribution is 2.29. The number of nitrogens with one attached hydrogen (secondary N) is 2. The Morgan fingerprint density at radius 2 is 0.729 bits per heavy atom. The lowest BCUT2D eigenvalue weighted by Crippen LogP contribution is -2.58. The lowest BCUT2D eigenvalue weighted by Gasteiger charge is -2.40. The fraction of sp³-hybridized carbons (Fsp3) is 0.796. The van der Waals surface area contributed by atoms with Gasteiger partial charge in [-0.25, -0.2) is 9.59 Å². The van der Waals surface area contributed by atoms with Crippen molar-refractivity contribution in [2.24, 2.45) is 11.7 Å². The van der Waals surface area contributed by atoms with Gasteiger partial charge in [0.1, 0.15) is 24.3 Å². The van der Waals surface area contributed by atoms with Crippen LogP contribution < -0.4 is 16.4 Å². The number of carboxylic acids is 2. The molecule has 0 heterocycles. The molecule has 0 bridgehead atoms. The van der Waals surface area contributed by atoms with Gasteiger partial charge in [-0.3, -0.25) is 38.4 Å². The van der Waals surface area contributed by atoms with Crippen molar-refractivity contribution >= 4 is 59.6 Å². The van der Waals surface area contributed by atoms with Crippen LogP contribution in [0.25, 0.3) is 0 Å². The van der Waals surface area contributed by atoms with Gasteiger partial charge in [0, 0.05) is 54.4 Å². The summed E-state index contributed by atoms with van der Waals surface area (Å²) < 4.78 is 33.9. The fourth-order valence-corrected chi connectivity index (χ4v) is 7.94. The molecule has 21 heteroatoms. The minimum absolute atomic E-state index is 0.0672. The van der Waals surface area contributed by atoms with Crippen molar-refractivity contribution < 1.29 is 86.6 Å². The normalized spacial score (nSPS) is 14.5. The summed E-state index contributed by atoms with van der Waals surface area (Å²) in [6.07, 6.45) is 3.51. The molecule has 2 amide bonds. The molecule has 0 saturated carbocycles. The summed E-state index contributed by atoms with van der Waals surface area (Å²) in [7, 11) is 0. The molecule has 70 heavy (non-hydrogen) atoms. The van der Waals surface area contributed by atoms with E-state index < -0.39 is 108 Å². The average Bonchev–Trinajstić information content (AvgIpc) is 3.24. The van der Waals surface area contributed by atoms with E-state index in [0.717, 1.165) is 106 Å². The van der Waals surface area contributed by atoms with Crippen molar-refractivity contribution in [2.45, 2.75) is 239 Å². The van der Waals surface area contributed by atoms with Gasteiger partial charge in [0.05, 0.1) is 0 Å². The van der Waals surface area contributed by atoms with Gasteiger partial charge in [0.25, 0.3) is 0 Å². The molecule has 0 saturated heterocycles. The van der Waals surface area contributed by atoms with Gasteiger partial charge in [-0.05, 0) is 63.8 Å². The van der Waals surface area contributed by atoms with Crippen molar-refractivity contribution in [1.29, 1.82) is 0 Å². The number of esters is 6. The molecule has 0 aliphatic rings. The second-order valence-corrected chi connectivity index (χ2v) is 18.0. The van der Waals surface area contributed by atoms with E-state index in [1.807, 2.05) is 0 Å². The Kier molecular flexibility index (Phi) is 34.6. The molecule has 0 unspecified atom stereocenters. The topological polar surface area (TPSA) is 317 Å². The molecule has 0 aromatic heterocycles. The van der Waals surface area contributed by atoms with Crippen LogP contribution in [-0.4, -0.2) is 125 Å². The number of carboxylic acid groups (broad SMARTS) is 2. The van der Waals surface area contributed by atoms with Crippen molar-refractivity contribution in [3.8, 4) is 0 Å². The highest BCUT2D eigenvalue weighted by atomic mass is 16.6. The molecule has 402 valence electrons. The highest BCUT2D eigenvalue weighted by molar-refractivity contribution is 5.84. The molecule has 0 rings (SSSR count). The van der Waals surface area contributed by atoms with E-state index >= 15 is 0 Å². The van der Waals surface area contributed by atoms with Gasteiger partial charge in [0.15, 0.2) is 24.4 Å². The van der Waals surface area contributed by atoms with Crippen LogP contribution in [0.1, 0.15) is 190 Å². The van der Waals surface area contributed by atoms with E-state index in [0.29, 0.717) is 51.5 Å². The molecule has 0 aromatic rings. The molecular formula is C49H83N3O18. The first-order chi connectivity index (χ1) is 33.0. The number of carbonyl (C=O) groups is 10. The van der Waals surface area contributed by atoms with Crippen molar-refractivity contribution in [1.82, 2.24) is 10.6 Å². The Morgan fingerprint density at radius 3 is 1.09 bits per heavy atom. The SMILES string of the molecule is CC(=O)O[C@H]([C@@H](OC(C)=O)[C@@H](OC(C)=O)[C@H](CCCC(=O)N[C@H](C(=O)O)C(C)C)OC(C)=O)[C@@H](OC(C)=O)[C@H](CCCCCCCCCCCCCCCC(=O)N[C@H](CCCCN)C(=O)O)OC(C)=O. The summed E-state index contributed by atoms with van der Waals surface area (Å²) >= 11 is 0. The standard InChI is InChI=1S/C49H83N3O18/c1-31(2)43(49(63)64)52-42(60)29-24-27-40(66-33(4)54)45(68-35(6)56)47(70-37(8)58)46(69-36(7)57)44(67-34(5)55)39(65-32(3)53)26-20-18-16-14-12-10-9-11-13-15-17-19-21-28-41(59)51-38(48(61)62)25-22-23-30-50/h31,38-40,43-47H,9-30,50H2,1-8H3,(H,51,59)(H,52,60)(H,61,62)(H,63,64)/t38-,39+,40+,43+,44+,45+,46+,47+/m1/s1. The van der Waals surface area contributed by atoms with Gasteiger partial charge < -0.3 is 55.0 Å². The second-order valence-electron chi connectivity index (χ2n) is 18.0. The van der Waals surface area contributed by atoms with Gasteiger partial charge in [-0.15, -0.1) is 0 Å². The molecule has 0 aromatic carbocycles. The molecule has 6 N–H and O–H groups in total. The number of carbonyl (C=O) groups excluding carboxylic acids is 8. The lowest BCUT2D eigenvalue weighted by atomic mass is 9.91. The smallest absolute Gasteiger partial charge is 0.326 e. The maximum Gasteiger partial charge on any atom is 0.326 e. The summed E-state index contributed by atoms with van der Waals surface area (Å²) in [4.78, 5) is 124. The van der Waals surface area contributed by atoms with E-state index in [4.69, 9.17) is 34.2 Å². The Morgan fingerprint density at radius 1 is 0.400 bits per heavy atom. The highest BCUT2D eigenvalue weighted by Gasteiger charge is 2.50. The largest absolute Gasteiger partial charge is 0.480 e. The van der Waals surface area contributed by atoms with Crippen molar-refractivity contribution in [3.63, 3.8) is 0 Å². The number of rotatable bonds is 40. The number of aliphatic carboxylic acids is 2. The maximum atomic E-state index is 12.8. The predicted molar refractivity (Wildman–Crippen MR) is 253 cm³/mol. The van der Waals surface area contributed by atoms with Crippen LogP contribution in [0.2, 0.25) is 0 Å². The summed E-state index contributed by atoms with van der Waals surface area (Å²) in [6.45, 7) is 10.0. The average molecular weight is 1000 g/mol. The van der Waals surface area contributed by atoms with Crippen LogP contribution in [0.4, 0.5) is 0 Å². The van der Waals surface area contributed by atoms with Gasteiger partial charge in [-0.1, -0.05) is 84.5 Å². The number of hydrogen-bond acceptors (Lipinski definition) is 17. The number of hydrogen-bond donors (Lipinski definition) is 5. The Bertz CT molecular complexity index is 1640. The molecule has 0 radical (unpaired) electrons. The van der Waals surface area contributed by atoms with Crippen LogP contribution in [0.5, 0.6) is 0 Å². The molecular weight excluding hydrogens is 919 g/mol. The van der Waals surface area contributed by atoms with Crippen molar-refractivity contribution in [3.05, 3.63) is 0 Å². The molecule has 8 atom stereocenters. The van der Waals surface area contributed by atoms with E-state index in [1.165, 1.54) is 0 Å². The third-order valence-corrected chi connectivity index (χ3v) is 11.2. The fourth-order valence-electron chi connectivity index (χ4n) is 7.94. The third-order valence-electron chi connectivity index (χ3n) is 11.2. The molecule has 0 fully saturated rings. The zero-order valence-electron chi connectivity index (χ0n) is 42.8. The molecule has 0 spiro atoms. The van der Waals surface area contributed by atoms with Crippen LogP contribution in [-0.2, 0) is 76.4 Å². The van der Waals surface area contributed by atoms with Crippen LogP contribution >= 0.6 is 0 Å². The van der Waals surface area contributed by atoms with Gasteiger partial charge in [-0.2, -0.15) is 0 Å². The zero-order chi connectivity index (χ0) is 53.2. The van der Waals surface area contributed by atoms with E-state index in [2.05, 4.69) is 10.6 Å². The van der Waals surface area contributed by atoms with E-state index in [9.17, 15) is 58.2 Å². The Hall–Kier alpha value is -5.34. The minimum Gasteiger partial charge on any atom is -0.480 e. The van der Waals surface area contributed by atoms with E-state index in [-0.39, 0.29) is 31.6 Å². The van der Waals surface area contributed by atoms with Crippen LogP contribution in [0.15, 0.2) is 0 Å². The van der Waals surface area contributed by atoms with Crippen LogP contribution in [0, 0.1) is 5.92 Å². The number of ether oxygens (including phenoxy) is 6. The van der Waals surface area contributed by atoms with Gasteiger partial charge in [0.2, 0.25) is 11.8 Å². The number of unbranched alkanes of at least 4 members (excludes halogenated alkanes) is 13. The lowest BCUT2D eigenvalue weighted by molar-refractivity contribution is -0.219. The summed E-state index contributed by atoms with van der Waals surface area (Å²) in [6, 6.07) is -2.07. The number of amides is 2. The summed E-state index contributed by atoms with van der Waals surface area (Å²) in [5, 5.41) is 23.9. The third kappa shape index (κ3) is 31.0. The first kappa shape index (κ1) is 64.7. The second kappa shape index (κ2) is 37.5. The quantitative estimate of drug-likeness (QED) is 0.0286. The first-order valence-corrected chi connectivity index (χ1v) is 24.8. The molecule has 0 aliphatic carbocycles. The maximum absolute atomic E-state index is 12.8. The Balaban J connectivity index is 5.77. The summed E-state index contributed by atoms with van der Waals surface area (Å²) in [5.74, 6) is -9.01.